The minimum absolute atomic E-state index is 0.298. The third-order valence-electron chi connectivity index (χ3n) is 3.87. The van der Waals surface area contributed by atoms with Gasteiger partial charge in [0.25, 0.3) is 5.91 Å². The molecule has 1 N–H and O–H groups in total. The molecule has 4 aromatic rings. The van der Waals surface area contributed by atoms with E-state index in [1.807, 2.05) is 42.5 Å². The predicted octanol–water partition coefficient (Wildman–Crippen LogP) is 6.05. The lowest BCUT2D eigenvalue weighted by molar-refractivity contribution is 0.102. The summed E-state index contributed by atoms with van der Waals surface area (Å²) >= 11 is 12.1. The van der Waals surface area contributed by atoms with Crippen molar-refractivity contribution < 1.29 is 9.21 Å². The summed E-state index contributed by atoms with van der Waals surface area (Å²) in [6.07, 6.45) is 0. The number of benzene rings is 3. The average molecular weight is 383 g/mol. The monoisotopic (exact) mass is 382 g/mol. The Balaban J connectivity index is 1.72. The molecule has 0 aliphatic carbocycles. The quantitative estimate of drug-likeness (QED) is 0.468. The van der Waals surface area contributed by atoms with Gasteiger partial charge in [0.05, 0.1) is 21.8 Å². The molecule has 0 aliphatic heterocycles. The second-order valence-corrected chi connectivity index (χ2v) is 6.45. The van der Waals surface area contributed by atoms with Gasteiger partial charge in [-0.2, -0.15) is 0 Å². The number of para-hydroxylation sites is 3. The van der Waals surface area contributed by atoms with E-state index in [0.29, 0.717) is 38.3 Å². The molecule has 1 heterocycles. The number of aromatic nitrogens is 1. The highest BCUT2D eigenvalue weighted by molar-refractivity contribution is 6.36. The fourth-order valence-electron chi connectivity index (χ4n) is 2.63. The first-order chi connectivity index (χ1) is 12.6. The largest absolute Gasteiger partial charge is 0.436 e. The molecule has 4 rings (SSSR count). The number of nitrogens with one attached hydrogen (secondary N) is 1. The number of oxazole rings is 1. The van der Waals surface area contributed by atoms with E-state index in [1.54, 1.807) is 18.2 Å². The van der Waals surface area contributed by atoms with Crippen molar-refractivity contribution in [3.63, 3.8) is 0 Å². The Hall–Kier alpha value is -2.82. The van der Waals surface area contributed by atoms with Gasteiger partial charge in [0, 0.05) is 5.02 Å². The number of rotatable bonds is 3. The van der Waals surface area contributed by atoms with Crippen LogP contribution in [0.3, 0.4) is 0 Å². The molecule has 0 saturated carbocycles. The smallest absolute Gasteiger partial charge is 0.257 e. The first-order valence-electron chi connectivity index (χ1n) is 7.83. The van der Waals surface area contributed by atoms with Gasteiger partial charge >= 0.3 is 0 Å². The number of carbonyl (C=O) groups is 1. The Morgan fingerprint density at radius 2 is 1.73 bits per heavy atom. The SMILES string of the molecule is O=C(Nc1ccccc1-c1nc2ccccc2o1)c1cc(Cl)ccc1Cl. The molecule has 6 heteroatoms. The van der Waals surface area contributed by atoms with Crippen LogP contribution in [0.25, 0.3) is 22.6 Å². The van der Waals surface area contributed by atoms with Crippen LogP contribution in [0.4, 0.5) is 5.69 Å². The molecule has 0 radical (unpaired) electrons. The maximum atomic E-state index is 12.6. The van der Waals surface area contributed by atoms with Crippen LogP contribution in [0.15, 0.2) is 71.1 Å². The second kappa shape index (κ2) is 6.83. The second-order valence-electron chi connectivity index (χ2n) is 5.61. The summed E-state index contributed by atoms with van der Waals surface area (Å²) in [6, 6.07) is 19.5. The molecule has 0 atom stereocenters. The number of hydrogen-bond acceptors (Lipinski definition) is 3. The van der Waals surface area contributed by atoms with E-state index in [2.05, 4.69) is 10.3 Å². The number of hydrogen-bond donors (Lipinski definition) is 1. The van der Waals surface area contributed by atoms with Crippen molar-refractivity contribution in [2.75, 3.05) is 5.32 Å². The van der Waals surface area contributed by atoms with Crippen molar-refractivity contribution in [3.05, 3.63) is 82.3 Å². The highest BCUT2D eigenvalue weighted by Gasteiger charge is 2.16. The summed E-state index contributed by atoms with van der Waals surface area (Å²) in [5.74, 6) is 0.0698. The molecule has 0 spiro atoms. The van der Waals surface area contributed by atoms with Gasteiger partial charge in [-0.3, -0.25) is 4.79 Å². The Morgan fingerprint density at radius 3 is 2.58 bits per heavy atom. The van der Waals surface area contributed by atoms with Crippen LogP contribution in [0, 0.1) is 0 Å². The molecule has 0 aliphatic rings. The van der Waals surface area contributed by atoms with Gasteiger partial charge in [-0.1, -0.05) is 47.5 Å². The van der Waals surface area contributed by atoms with E-state index in [1.165, 1.54) is 6.07 Å². The average Bonchev–Trinajstić information content (AvgIpc) is 3.08. The van der Waals surface area contributed by atoms with Crippen LogP contribution >= 0.6 is 23.2 Å². The number of amides is 1. The zero-order valence-electron chi connectivity index (χ0n) is 13.4. The zero-order valence-corrected chi connectivity index (χ0v) is 14.9. The Kier molecular flexibility index (Phi) is 4.37. The van der Waals surface area contributed by atoms with Crippen molar-refractivity contribution in [2.24, 2.45) is 0 Å². The standard InChI is InChI=1S/C20H12Cl2N2O2/c21-12-9-10-15(22)14(11-12)19(25)23-16-6-2-1-5-13(16)20-24-17-7-3-4-8-18(17)26-20/h1-11H,(H,23,25). The van der Waals surface area contributed by atoms with Crippen LogP contribution in [0.2, 0.25) is 10.0 Å². The van der Waals surface area contributed by atoms with Gasteiger partial charge in [-0.15, -0.1) is 0 Å². The van der Waals surface area contributed by atoms with E-state index >= 15 is 0 Å². The Bertz CT molecular complexity index is 1090. The fraction of sp³-hybridized carbons (Fsp3) is 0. The van der Waals surface area contributed by atoms with Crippen LogP contribution in [-0.4, -0.2) is 10.9 Å². The van der Waals surface area contributed by atoms with Crippen LogP contribution in [0.5, 0.6) is 0 Å². The molecule has 0 fully saturated rings. The first kappa shape index (κ1) is 16.6. The van der Waals surface area contributed by atoms with E-state index in [9.17, 15) is 4.79 Å². The number of anilines is 1. The maximum Gasteiger partial charge on any atom is 0.257 e. The highest BCUT2D eigenvalue weighted by atomic mass is 35.5. The molecule has 0 bridgehead atoms. The van der Waals surface area contributed by atoms with Gasteiger partial charge in [0.15, 0.2) is 5.58 Å². The summed E-state index contributed by atoms with van der Waals surface area (Å²) < 4.78 is 5.82. The van der Waals surface area contributed by atoms with E-state index in [-0.39, 0.29) is 5.91 Å². The molecule has 0 saturated heterocycles. The van der Waals surface area contributed by atoms with Crippen molar-refractivity contribution in [1.82, 2.24) is 4.98 Å². The van der Waals surface area contributed by atoms with Gasteiger partial charge in [-0.25, -0.2) is 4.98 Å². The third-order valence-corrected chi connectivity index (χ3v) is 4.44. The number of carbonyl (C=O) groups excluding carboxylic acids is 1. The highest BCUT2D eigenvalue weighted by Crippen LogP contribution is 2.31. The van der Waals surface area contributed by atoms with Crippen molar-refractivity contribution in [3.8, 4) is 11.5 Å². The minimum atomic E-state index is -0.360. The van der Waals surface area contributed by atoms with Gasteiger partial charge in [0.1, 0.15) is 5.52 Å². The molecule has 1 aromatic heterocycles. The van der Waals surface area contributed by atoms with Gasteiger partial charge in [0.2, 0.25) is 5.89 Å². The minimum Gasteiger partial charge on any atom is -0.436 e. The van der Waals surface area contributed by atoms with Crippen LogP contribution in [-0.2, 0) is 0 Å². The zero-order chi connectivity index (χ0) is 18.1. The maximum absolute atomic E-state index is 12.6. The van der Waals surface area contributed by atoms with Gasteiger partial charge in [-0.05, 0) is 42.5 Å². The Labute approximate surface area is 159 Å². The van der Waals surface area contributed by atoms with Crippen molar-refractivity contribution in [1.29, 1.82) is 0 Å². The molecule has 1 amide bonds. The number of nitrogens with zero attached hydrogens (tertiary/aromatic N) is 1. The number of halogens is 2. The van der Waals surface area contributed by atoms with Crippen LogP contribution < -0.4 is 5.32 Å². The predicted molar refractivity (Wildman–Crippen MR) is 104 cm³/mol. The molecule has 4 nitrogen and oxygen atoms in total. The molecular formula is C20H12Cl2N2O2. The molecule has 3 aromatic carbocycles. The van der Waals surface area contributed by atoms with Crippen LogP contribution in [0.1, 0.15) is 10.4 Å². The lowest BCUT2D eigenvalue weighted by Gasteiger charge is -2.10. The third kappa shape index (κ3) is 3.17. The van der Waals surface area contributed by atoms with E-state index < -0.39 is 0 Å². The summed E-state index contributed by atoms with van der Waals surface area (Å²) in [6.45, 7) is 0. The van der Waals surface area contributed by atoms with E-state index in [4.69, 9.17) is 27.6 Å². The Morgan fingerprint density at radius 1 is 0.962 bits per heavy atom. The molecule has 128 valence electrons. The molecular weight excluding hydrogens is 371 g/mol. The van der Waals surface area contributed by atoms with E-state index in [0.717, 1.165) is 5.52 Å². The lowest BCUT2D eigenvalue weighted by Crippen LogP contribution is -2.13. The van der Waals surface area contributed by atoms with Gasteiger partial charge < -0.3 is 9.73 Å². The molecule has 26 heavy (non-hydrogen) atoms. The normalized spacial score (nSPS) is 10.8. The van der Waals surface area contributed by atoms with Crippen molar-refractivity contribution in [2.45, 2.75) is 0 Å². The van der Waals surface area contributed by atoms with Crippen molar-refractivity contribution >= 4 is 45.9 Å². The first-order valence-corrected chi connectivity index (χ1v) is 8.59. The summed E-state index contributed by atoms with van der Waals surface area (Å²) in [5.41, 5.74) is 2.98. The summed E-state index contributed by atoms with van der Waals surface area (Å²) in [7, 11) is 0. The summed E-state index contributed by atoms with van der Waals surface area (Å²) in [5, 5.41) is 3.62. The number of fused-ring (bicyclic) bond motifs is 1. The topological polar surface area (TPSA) is 55.1 Å². The molecule has 0 unspecified atom stereocenters. The summed E-state index contributed by atoms with van der Waals surface area (Å²) in [4.78, 5) is 17.1. The fourth-order valence-corrected chi connectivity index (χ4v) is 3.00. The lowest BCUT2D eigenvalue weighted by atomic mass is 10.1.